The summed E-state index contributed by atoms with van der Waals surface area (Å²) in [6.07, 6.45) is 0. The second-order valence-corrected chi connectivity index (χ2v) is 15.7. The van der Waals surface area contributed by atoms with E-state index in [-0.39, 0.29) is 23.2 Å². The molecule has 3 rings (SSSR count). The van der Waals surface area contributed by atoms with Gasteiger partial charge in [0.05, 0.1) is 22.2 Å². The van der Waals surface area contributed by atoms with Crippen LogP contribution < -0.4 is 0 Å². The summed E-state index contributed by atoms with van der Waals surface area (Å²) in [6, 6.07) is 5.51. The normalized spacial score (nSPS) is 19.4. The lowest BCUT2D eigenvalue weighted by atomic mass is 9.67. The fourth-order valence-corrected chi connectivity index (χ4v) is 8.21. The lowest BCUT2D eigenvalue weighted by Crippen LogP contribution is -2.72. The van der Waals surface area contributed by atoms with E-state index in [2.05, 4.69) is 15.5 Å². The van der Waals surface area contributed by atoms with E-state index in [4.69, 9.17) is 20.8 Å². The number of nitro benzene ring substituents is 1. The molecule has 1 fully saturated rings. The van der Waals surface area contributed by atoms with Gasteiger partial charge in [-0.3, -0.25) is 19.7 Å². The molecule has 1 saturated heterocycles. The van der Waals surface area contributed by atoms with E-state index in [9.17, 15) is 24.5 Å². The van der Waals surface area contributed by atoms with E-state index >= 15 is 0 Å². The van der Waals surface area contributed by atoms with Gasteiger partial charge in [-0.05, 0) is 53.6 Å². The maximum Gasteiger partial charge on any atom is 0.345 e. The van der Waals surface area contributed by atoms with Gasteiger partial charge in [-0.15, -0.1) is 5.10 Å². The summed E-state index contributed by atoms with van der Waals surface area (Å²) >= 11 is 8.57. The van der Waals surface area contributed by atoms with Crippen LogP contribution in [-0.2, 0) is 37.2 Å². The Kier molecular flexibility index (Phi) is 10.6. The number of non-ortho nitro benzene ring substituents is 1. The van der Waals surface area contributed by atoms with Crippen LogP contribution in [0.25, 0.3) is 0 Å². The standard InChI is InChI=1S/C24H33ClN6O7S2Si/c1-23(2,3)24(4,38-41(6)7)17-19(33)30(20(17)40-16(32)13-39-22-26-27-28-29(22)5)18(25)21(34)37-12-14-8-10-15(11-9-14)31(35)36/h8-11,17-18,20,41H,12-13H2,1-7H3/t17-,18?,20-,24?/m1/s1. The highest BCUT2D eigenvalue weighted by Gasteiger charge is 2.63. The summed E-state index contributed by atoms with van der Waals surface area (Å²) in [5.41, 5.74) is -2.53. The van der Waals surface area contributed by atoms with Crippen molar-refractivity contribution in [2.45, 2.75) is 69.0 Å². The Morgan fingerprint density at radius 1 is 1.22 bits per heavy atom. The van der Waals surface area contributed by atoms with Crippen LogP contribution in [0.1, 0.15) is 33.3 Å². The monoisotopic (exact) mass is 644 g/mol. The van der Waals surface area contributed by atoms with Crippen molar-refractivity contribution in [3.8, 4) is 0 Å². The molecule has 0 N–H and O–H groups in total. The van der Waals surface area contributed by atoms with Crippen molar-refractivity contribution in [2.75, 3.05) is 5.75 Å². The molecule has 0 saturated carbocycles. The molecule has 1 aliphatic rings. The highest BCUT2D eigenvalue weighted by Crippen LogP contribution is 2.52. The molecule has 41 heavy (non-hydrogen) atoms. The number of aryl methyl sites for hydroxylation is 1. The molecule has 2 aromatic rings. The summed E-state index contributed by atoms with van der Waals surface area (Å²) in [4.78, 5) is 51.3. The predicted octanol–water partition coefficient (Wildman–Crippen LogP) is 3.37. The van der Waals surface area contributed by atoms with Gasteiger partial charge in [-0.25, -0.2) is 9.48 Å². The Bertz CT molecular complexity index is 1290. The molecular weight excluding hydrogens is 612 g/mol. The number of nitro groups is 1. The van der Waals surface area contributed by atoms with E-state index in [1.165, 1.54) is 28.9 Å². The van der Waals surface area contributed by atoms with Crippen molar-refractivity contribution in [3.05, 3.63) is 39.9 Å². The fraction of sp³-hybridized carbons (Fsp3) is 0.583. The van der Waals surface area contributed by atoms with Crippen molar-refractivity contribution in [2.24, 2.45) is 18.4 Å². The second kappa shape index (κ2) is 13.2. The Morgan fingerprint density at radius 2 is 1.85 bits per heavy atom. The van der Waals surface area contributed by atoms with Gasteiger partial charge in [0.1, 0.15) is 12.0 Å². The number of hydrogen-bond donors (Lipinski definition) is 0. The molecule has 13 nitrogen and oxygen atoms in total. The van der Waals surface area contributed by atoms with Crippen molar-refractivity contribution < 1.29 is 28.5 Å². The number of likely N-dealkylation sites (tertiary alicyclic amines) is 1. The highest BCUT2D eigenvalue weighted by molar-refractivity contribution is 8.16. The number of thioether (sulfide) groups is 2. The molecule has 0 aliphatic carbocycles. The van der Waals surface area contributed by atoms with Gasteiger partial charge >= 0.3 is 5.97 Å². The van der Waals surface area contributed by atoms with Crippen LogP contribution in [0.4, 0.5) is 5.69 Å². The number of alkyl halides is 1. The number of hydrogen-bond acceptors (Lipinski definition) is 12. The zero-order chi connectivity index (χ0) is 30.7. The smallest absolute Gasteiger partial charge is 0.345 e. The summed E-state index contributed by atoms with van der Waals surface area (Å²) in [5.74, 6) is -2.03. The van der Waals surface area contributed by atoms with Crippen molar-refractivity contribution in [3.63, 3.8) is 0 Å². The van der Waals surface area contributed by atoms with Crippen LogP contribution in [0.5, 0.6) is 0 Å². The SMILES string of the molecule is Cn1nnnc1SCC(=O)S[C@@H]1[C@H](C(C)(O[SiH](C)C)C(C)(C)C)C(=O)N1C(Cl)C(=O)OCc1ccc([N+](=O)[O-])cc1. The number of carbonyl (C=O) groups is 3. The van der Waals surface area contributed by atoms with Crippen molar-refractivity contribution >= 4 is 66.8 Å². The van der Waals surface area contributed by atoms with Crippen LogP contribution in [0.3, 0.4) is 0 Å². The third-order valence-corrected chi connectivity index (χ3v) is 10.5. The largest absolute Gasteiger partial charge is 0.458 e. The van der Waals surface area contributed by atoms with E-state index in [0.717, 1.165) is 28.4 Å². The van der Waals surface area contributed by atoms with E-state index in [1.807, 2.05) is 40.8 Å². The number of halogens is 1. The number of amides is 1. The summed E-state index contributed by atoms with van der Waals surface area (Å²) < 4.78 is 13.2. The summed E-state index contributed by atoms with van der Waals surface area (Å²) in [6.45, 7) is 11.6. The van der Waals surface area contributed by atoms with Gasteiger partial charge < -0.3 is 14.1 Å². The molecule has 17 heteroatoms. The molecular formula is C24H33ClN6O7S2Si. The average Bonchev–Trinajstić information content (AvgIpc) is 3.29. The van der Waals surface area contributed by atoms with Crippen LogP contribution in [0, 0.1) is 21.4 Å². The van der Waals surface area contributed by atoms with Gasteiger partial charge in [0.25, 0.3) is 5.69 Å². The molecule has 2 heterocycles. The molecule has 224 valence electrons. The molecule has 2 unspecified atom stereocenters. The van der Waals surface area contributed by atoms with E-state index < -0.39 is 53.6 Å². The molecule has 1 amide bonds. The zero-order valence-electron chi connectivity index (χ0n) is 23.8. The first-order valence-electron chi connectivity index (χ1n) is 12.7. The molecule has 0 spiro atoms. The lowest BCUT2D eigenvalue weighted by molar-refractivity contribution is -0.384. The first kappa shape index (κ1) is 33.0. The highest BCUT2D eigenvalue weighted by atomic mass is 35.5. The maximum absolute atomic E-state index is 13.7. The number of tetrazole rings is 1. The lowest BCUT2D eigenvalue weighted by Gasteiger charge is -2.58. The molecule has 1 aromatic heterocycles. The minimum atomic E-state index is -1.66. The number of rotatable bonds is 12. The van der Waals surface area contributed by atoms with Gasteiger partial charge in [-0.1, -0.05) is 55.9 Å². The van der Waals surface area contributed by atoms with Crippen molar-refractivity contribution in [1.82, 2.24) is 25.1 Å². The Balaban J connectivity index is 1.80. The minimum Gasteiger partial charge on any atom is -0.458 e. The first-order valence-corrected chi connectivity index (χ1v) is 17.7. The second-order valence-electron chi connectivity index (χ2n) is 10.9. The zero-order valence-corrected chi connectivity index (χ0v) is 27.3. The summed E-state index contributed by atoms with van der Waals surface area (Å²) in [7, 11) is 0.00111. The van der Waals surface area contributed by atoms with Gasteiger partial charge in [-0.2, -0.15) is 0 Å². The quantitative estimate of drug-likeness (QED) is 0.0485. The maximum atomic E-state index is 13.7. The molecule has 4 atom stereocenters. The molecule has 0 radical (unpaired) electrons. The number of aromatic nitrogens is 4. The van der Waals surface area contributed by atoms with Crippen LogP contribution >= 0.6 is 35.1 Å². The minimum absolute atomic E-state index is 0.0215. The number of ether oxygens (including phenoxy) is 1. The van der Waals surface area contributed by atoms with Gasteiger partial charge in [0.15, 0.2) is 9.04 Å². The van der Waals surface area contributed by atoms with E-state index in [1.54, 1.807) is 7.05 Å². The predicted molar refractivity (Wildman–Crippen MR) is 157 cm³/mol. The number of β-lactam (4-membered cyclic amide) rings is 1. The van der Waals surface area contributed by atoms with Crippen LogP contribution in [0.15, 0.2) is 29.4 Å². The topological polar surface area (TPSA) is 160 Å². The number of esters is 1. The number of carbonyl (C=O) groups excluding carboxylic acids is 3. The summed E-state index contributed by atoms with van der Waals surface area (Å²) in [5, 5.41) is 21.5. The average molecular weight is 645 g/mol. The third-order valence-electron chi connectivity index (χ3n) is 6.76. The van der Waals surface area contributed by atoms with Crippen molar-refractivity contribution in [1.29, 1.82) is 0 Å². The van der Waals surface area contributed by atoms with Crippen LogP contribution in [0.2, 0.25) is 13.1 Å². The Morgan fingerprint density at radius 3 is 2.37 bits per heavy atom. The molecule has 0 bridgehead atoms. The van der Waals surface area contributed by atoms with Gasteiger partial charge in [0, 0.05) is 19.2 Å². The number of benzene rings is 1. The first-order chi connectivity index (χ1) is 19.1. The number of nitrogens with zero attached hydrogens (tertiary/aromatic N) is 6. The van der Waals surface area contributed by atoms with Gasteiger partial charge in [0.2, 0.25) is 21.7 Å². The fourth-order valence-electron chi connectivity index (χ4n) is 4.25. The third kappa shape index (κ3) is 7.46. The Labute approximate surface area is 252 Å². The van der Waals surface area contributed by atoms with E-state index in [0.29, 0.717) is 10.7 Å². The molecule has 1 aliphatic heterocycles. The molecule has 1 aromatic carbocycles. The Hall–Kier alpha value is -2.53. The van der Waals surface area contributed by atoms with Crippen LogP contribution in [-0.4, -0.2) is 78.3 Å².